The zero-order valence-corrected chi connectivity index (χ0v) is 37.2. The number of aliphatic hydroxyl groups excluding tert-OH is 1. The maximum Gasteiger partial charge on any atom is 0.329 e. The molecule has 6 heterocycles. The van der Waals surface area contributed by atoms with Crippen LogP contribution in [0.25, 0.3) is 11.0 Å². The van der Waals surface area contributed by atoms with E-state index in [-0.39, 0.29) is 60.2 Å². The molecule has 2 aromatic carbocycles. The number of fused-ring (bicyclic) bond motifs is 3. The topological polar surface area (TPSA) is 204 Å². The van der Waals surface area contributed by atoms with Crippen LogP contribution >= 0.6 is 0 Å². The molecule has 4 aliphatic heterocycles. The zero-order valence-electron chi connectivity index (χ0n) is 36.4. The van der Waals surface area contributed by atoms with E-state index in [4.69, 9.17) is 4.98 Å². The van der Waals surface area contributed by atoms with Gasteiger partial charge in [-0.05, 0) is 119 Å². The molecular weight excluding hydrogens is 863 g/mol. The predicted octanol–water partition coefficient (Wildman–Crippen LogP) is 3.59. The highest BCUT2D eigenvalue weighted by Crippen LogP contribution is 2.58. The molecule has 1 spiro atoms. The van der Waals surface area contributed by atoms with Gasteiger partial charge < -0.3 is 20.2 Å². The van der Waals surface area contributed by atoms with Gasteiger partial charge in [0.1, 0.15) is 23.8 Å². The van der Waals surface area contributed by atoms with Gasteiger partial charge in [-0.1, -0.05) is 0 Å². The van der Waals surface area contributed by atoms with Gasteiger partial charge in [0.15, 0.2) is 0 Å². The summed E-state index contributed by atoms with van der Waals surface area (Å²) in [5.41, 5.74) is 2.03. The van der Waals surface area contributed by atoms with E-state index in [0.29, 0.717) is 73.5 Å². The molecule has 4 aromatic rings. The molecule has 65 heavy (non-hydrogen) atoms. The number of piperidine rings is 3. The average molecular weight is 917 g/mol. The number of halogens is 2. The molecule has 2 aromatic heterocycles. The number of nitrogens with one attached hydrogen (secondary N) is 3. The summed E-state index contributed by atoms with van der Waals surface area (Å²) in [6.07, 6.45) is 6.06. The molecular formula is C45H54F2N10O7S. The lowest BCUT2D eigenvalue weighted by Crippen LogP contribution is -2.53. The Morgan fingerprint density at radius 1 is 1.00 bits per heavy atom. The van der Waals surface area contributed by atoms with Crippen molar-refractivity contribution in [2.45, 2.75) is 118 Å². The van der Waals surface area contributed by atoms with Crippen molar-refractivity contribution in [3.63, 3.8) is 0 Å². The van der Waals surface area contributed by atoms with Gasteiger partial charge in [0.25, 0.3) is 0 Å². The van der Waals surface area contributed by atoms with Crippen LogP contribution in [-0.4, -0.2) is 112 Å². The molecule has 2 aliphatic carbocycles. The smallest absolute Gasteiger partial charge is 0.329 e. The Kier molecular flexibility index (Phi) is 11.1. The van der Waals surface area contributed by atoms with Gasteiger partial charge in [0.2, 0.25) is 33.7 Å². The molecule has 6 aliphatic rings. The molecule has 20 heteroatoms. The standard InChI is InChI=1S/C45H54F2N10O7S/c1-25-20-29(6-8-33(25)49-43-48-22-30-40(51-43)56(42(61)45(30)15-16-45)27-4-3-5-28(58)21-27)65(63,64)52-34-14-17-54(24-32(34)47)23-26-12-18-55(19-13-26)38-31(46)7-9-35-39(38)53(2)44(62)57(35)36-10-11-37(59)50-41(36)60/h6-9,20,22,26-28,32,34,36,52,58H,3-5,10-19,21,23-24H2,1-2H3,(H,48,49,51)(H,50,59,60)/t27-,28-,32+,34-,36?/m1/s1. The summed E-state index contributed by atoms with van der Waals surface area (Å²) in [4.78, 5) is 66.6. The summed E-state index contributed by atoms with van der Waals surface area (Å²) in [5.74, 6) is -0.394. The van der Waals surface area contributed by atoms with Crippen LogP contribution in [0.4, 0.5) is 31.9 Å². The molecule has 0 bridgehead atoms. The third-order valence-corrected chi connectivity index (χ3v) is 16.2. The minimum Gasteiger partial charge on any atom is -0.393 e. The van der Waals surface area contributed by atoms with Crippen LogP contribution in [0.1, 0.15) is 87.8 Å². The first-order chi connectivity index (χ1) is 31.1. The first kappa shape index (κ1) is 43.6. The summed E-state index contributed by atoms with van der Waals surface area (Å²) >= 11 is 0. The molecule has 0 radical (unpaired) electrons. The SMILES string of the molecule is Cc1cc(S(=O)(=O)N[C@@H]2CCN(CC3CCN(c4c(F)ccc5c4n(C)c(=O)n5C4CCC(=O)NC4=O)CC3)C[C@@H]2F)ccc1Nc1ncc2c(n1)N([C@@H]1CCC[C@@H](O)C1)C(=O)C21CC1. The van der Waals surface area contributed by atoms with Crippen molar-refractivity contribution in [1.82, 2.24) is 34.0 Å². The minimum atomic E-state index is -4.09. The number of rotatable bonds is 10. The van der Waals surface area contributed by atoms with Crippen LogP contribution in [0.3, 0.4) is 0 Å². The highest BCUT2D eigenvalue weighted by Gasteiger charge is 2.61. The number of carbonyl (C=O) groups excluding carboxylic acids is 3. The number of benzene rings is 2. The fourth-order valence-electron chi connectivity index (χ4n) is 11.0. The molecule has 346 valence electrons. The molecule has 3 amide bonds. The van der Waals surface area contributed by atoms with Crippen LogP contribution in [0.2, 0.25) is 0 Å². The first-order valence-corrected chi connectivity index (χ1v) is 24.2. The van der Waals surface area contributed by atoms with Crippen molar-refractivity contribution >= 4 is 61.9 Å². The Balaban J connectivity index is 0.747. The van der Waals surface area contributed by atoms with Crippen molar-refractivity contribution in [3.05, 3.63) is 64.0 Å². The van der Waals surface area contributed by atoms with Crippen molar-refractivity contribution in [1.29, 1.82) is 0 Å². The van der Waals surface area contributed by atoms with Crippen molar-refractivity contribution in [2.75, 3.05) is 47.8 Å². The lowest BCUT2D eigenvalue weighted by molar-refractivity contribution is -0.135. The van der Waals surface area contributed by atoms with Crippen molar-refractivity contribution in [2.24, 2.45) is 13.0 Å². The Bertz CT molecular complexity index is 2770. The number of carbonyl (C=O) groups is 3. The Hall–Kier alpha value is -5.31. The molecule has 10 rings (SSSR count). The van der Waals surface area contributed by atoms with Gasteiger partial charge in [0, 0.05) is 63.1 Å². The van der Waals surface area contributed by atoms with Crippen LogP contribution in [0.5, 0.6) is 0 Å². The quantitative estimate of drug-likeness (QED) is 0.169. The van der Waals surface area contributed by atoms with Gasteiger partial charge in [-0.25, -0.2) is 31.7 Å². The van der Waals surface area contributed by atoms with E-state index in [1.807, 2.05) is 9.80 Å². The first-order valence-electron chi connectivity index (χ1n) is 22.8. The van der Waals surface area contributed by atoms with Gasteiger partial charge in [-0.3, -0.25) is 33.7 Å². The largest absolute Gasteiger partial charge is 0.393 e. The second-order valence-electron chi connectivity index (χ2n) is 18.9. The molecule has 2 saturated carbocycles. The van der Waals surface area contributed by atoms with E-state index in [9.17, 15) is 32.7 Å². The fraction of sp³-hybridized carbons (Fsp3) is 0.556. The number of aromatic nitrogens is 4. The van der Waals surface area contributed by atoms with Crippen LogP contribution in [0, 0.1) is 18.7 Å². The number of imidazole rings is 1. The number of likely N-dealkylation sites (tertiary alicyclic amines) is 1. The van der Waals surface area contributed by atoms with Crippen molar-refractivity contribution in [3.8, 4) is 0 Å². The molecule has 4 N–H and O–H groups in total. The lowest BCUT2D eigenvalue weighted by Gasteiger charge is -2.39. The number of sulfonamides is 1. The number of anilines is 4. The summed E-state index contributed by atoms with van der Waals surface area (Å²) in [6, 6.07) is 5.47. The molecule has 3 saturated heterocycles. The summed E-state index contributed by atoms with van der Waals surface area (Å²) in [5, 5.41) is 15.9. The number of amides is 3. The maximum atomic E-state index is 15.8. The normalized spacial score (nSPS) is 26.2. The summed E-state index contributed by atoms with van der Waals surface area (Å²) < 4.78 is 64.0. The Labute approximate surface area is 374 Å². The lowest BCUT2D eigenvalue weighted by atomic mass is 9.92. The van der Waals surface area contributed by atoms with Gasteiger partial charge >= 0.3 is 5.69 Å². The number of hydrogen-bond donors (Lipinski definition) is 4. The Morgan fingerprint density at radius 3 is 2.49 bits per heavy atom. The molecule has 5 fully saturated rings. The second-order valence-corrected chi connectivity index (χ2v) is 20.6. The average Bonchev–Trinajstić information content (AvgIpc) is 3.99. The number of aliphatic hydroxyl groups is 1. The highest BCUT2D eigenvalue weighted by atomic mass is 32.2. The number of alkyl halides is 1. The molecule has 5 atom stereocenters. The number of hydrogen-bond acceptors (Lipinski definition) is 12. The monoisotopic (exact) mass is 916 g/mol. The van der Waals surface area contributed by atoms with Crippen molar-refractivity contribution < 1.29 is 36.7 Å². The summed E-state index contributed by atoms with van der Waals surface area (Å²) in [6.45, 7) is 3.90. The van der Waals surface area contributed by atoms with E-state index >= 15 is 8.78 Å². The van der Waals surface area contributed by atoms with E-state index in [2.05, 4.69) is 20.3 Å². The van der Waals surface area contributed by atoms with E-state index in [1.54, 1.807) is 31.1 Å². The predicted molar refractivity (Wildman–Crippen MR) is 237 cm³/mol. The van der Waals surface area contributed by atoms with E-state index in [1.165, 1.54) is 33.4 Å². The number of aryl methyl sites for hydroxylation is 2. The van der Waals surface area contributed by atoms with E-state index in [0.717, 1.165) is 37.7 Å². The van der Waals surface area contributed by atoms with Gasteiger partial charge in [-0.15, -0.1) is 0 Å². The number of imide groups is 1. The number of nitrogens with zero attached hydrogens (tertiary/aromatic N) is 7. The third kappa shape index (κ3) is 7.78. The fourth-order valence-corrected chi connectivity index (χ4v) is 12.4. The molecule has 17 nitrogen and oxygen atoms in total. The van der Waals surface area contributed by atoms with Gasteiger partial charge in [-0.2, -0.15) is 4.98 Å². The minimum absolute atomic E-state index is 0.000138. The van der Waals surface area contributed by atoms with Crippen LogP contribution in [0.15, 0.2) is 46.2 Å². The highest BCUT2D eigenvalue weighted by molar-refractivity contribution is 7.89. The molecule has 1 unspecified atom stereocenters. The van der Waals surface area contributed by atoms with Crippen LogP contribution in [-0.2, 0) is 36.9 Å². The summed E-state index contributed by atoms with van der Waals surface area (Å²) in [7, 11) is -2.54. The van der Waals surface area contributed by atoms with Crippen LogP contribution < -0.4 is 30.8 Å². The maximum absolute atomic E-state index is 15.8. The van der Waals surface area contributed by atoms with E-state index < -0.39 is 63.1 Å². The third-order valence-electron chi connectivity index (χ3n) is 14.7. The zero-order chi connectivity index (χ0) is 45.5. The van der Waals surface area contributed by atoms with Gasteiger partial charge in [0.05, 0.1) is 39.2 Å². The Morgan fingerprint density at radius 2 is 1.78 bits per heavy atom. The second kappa shape index (κ2) is 16.5.